The van der Waals surface area contributed by atoms with Crippen molar-refractivity contribution >= 4 is 39.2 Å². The van der Waals surface area contributed by atoms with Crippen LogP contribution in [-0.2, 0) is 24.3 Å². The largest absolute Gasteiger partial charge is 0.452 e. The molecule has 0 saturated heterocycles. The van der Waals surface area contributed by atoms with E-state index in [2.05, 4.69) is 10.6 Å². The second kappa shape index (κ2) is 9.49. The van der Waals surface area contributed by atoms with Gasteiger partial charge in [0.25, 0.3) is 5.91 Å². The summed E-state index contributed by atoms with van der Waals surface area (Å²) in [5.41, 5.74) is 1.63. The average molecular weight is 460 g/mol. The zero-order valence-electron chi connectivity index (χ0n) is 18.0. The molecule has 9 nitrogen and oxygen atoms in total. The molecule has 32 heavy (non-hydrogen) atoms. The molecule has 0 atom stereocenters. The van der Waals surface area contributed by atoms with Gasteiger partial charge in [0.2, 0.25) is 15.9 Å². The Kier molecular flexibility index (Phi) is 6.95. The lowest BCUT2D eigenvalue weighted by atomic mass is 10.2. The number of esters is 1. The fraction of sp³-hybridized carbons (Fsp3) is 0.318. The number of hydrogen-bond donors (Lipinski definition) is 2. The van der Waals surface area contributed by atoms with Gasteiger partial charge in [-0.25, -0.2) is 17.5 Å². The van der Waals surface area contributed by atoms with Gasteiger partial charge in [-0.2, -0.15) is 0 Å². The molecule has 0 aliphatic heterocycles. The maximum atomic E-state index is 12.4. The van der Waals surface area contributed by atoms with Crippen molar-refractivity contribution in [1.82, 2.24) is 4.31 Å². The molecule has 0 radical (unpaired) electrons. The highest BCUT2D eigenvalue weighted by molar-refractivity contribution is 7.89. The Morgan fingerprint density at radius 2 is 1.62 bits per heavy atom. The van der Waals surface area contributed by atoms with Crippen molar-refractivity contribution in [3.05, 3.63) is 53.6 Å². The summed E-state index contributed by atoms with van der Waals surface area (Å²) in [4.78, 5) is 36.2. The quantitative estimate of drug-likeness (QED) is 0.585. The predicted octanol–water partition coefficient (Wildman–Crippen LogP) is 2.39. The van der Waals surface area contributed by atoms with E-state index in [9.17, 15) is 22.8 Å². The molecule has 0 unspecified atom stereocenters. The van der Waals surface area contributed by atoms with E-state index in [0.29, 0.717) is 11.3 Å². The van der Waals surface area contributed by atoms with Crippen LogP contribution in [0, 0.1) is 12.8 Å². The van der Waals surface area contributed by atoms with Gasteiger partial charge >= 0.3 is 5.97 Å². The third kappa shape index (κ3) is 5.71. The van der Waals surface area contributed by atoms with Crippen LogP contribution in [0.25, 0.3) is 0 Å². The number of anilines is 2. The van der Waals surface area contributed by atoms with E-state index in [1.54, 1.807) is 31.2 Å². The third-order valence-electron chi connectivity index (χ3n) is 4.90. The average Bonchev–Trinajstić information content (AvgIpc) is 3.59. The summed E-state index contributed by atoms with van der Waals surface area (Å²) < 4.78 is 30.9. The number of sulfonamides is 1. The summed E-state index contributed by atoms with van der Waals surface area (Å²) in [6.07, 6.45) is 1.79. The molecule has 0 spiro atoms. The molecule has 1 saturated carbocycles. The Hall–Kier alpha value is -3.24. The zero-order valence-corrected chi connectivity index (χ0v) is 18.9. The molecule has 0 bridgehead atoms. The summed E-state index contributed by atoms with van der Waals surface area (Å²) in [6.45, 7) is 1.12. The minimum atomic E-state index is -3.67. The Morgan fingerprint density at radius 3 is 2.22 bits per heavy atom. The van der Waals surface area contributed by atoms with Crippen molar-refractivity contribution < 1.29 is 27.5 Å². The van der Waals surface area contributed by atoms with Crippen molar-refractivity contribution in [3.63, 3.8) is 0 Å². The Bertz CT molecular complexity index is 1140. The Balaban J connectivity index is 1.55. The first-order valence-corrected chi connectivity index (χ1v) is 11.4. The molecule has 2 N–H and O–H groups in total. The van der Waals surface area contributed by atoms with E-state index in [-0.39, 0.29) is 28.0 Å². The van der Waals surface area contributed by atoms with Crippen LogP contribution in [0.2, 0.25) is 0 Å². The number of ether oxygens (including phenoxy) is 1. The van der Waals surface area contributed by atoms with Crippen LogP contribution >= 0.6 is 0 Å². The normalized spacial score (nSPS) is 13.5. The summed E-state index contributed by atoms with van der Waals surface area (Å²) >= 11 is 0. The van der Waals surface area contributed by atoms with Gasteiger partial charge in [-0.3, -0.25) is 9.59 Å². The van der Waals surface area contributed by atoms with Crippen LogP contribution < -0.4 is 10.6 Å². The smallest absolute Gasteiger partial charge is 0.338 e. The Labute approximate surface area is 186 Å². The lowest BCUT2D eigenvalue weighted by Crippen LogP contribution is -2.24. The molecule has 0 heterocycles. The first-order valence-electron chi connectivity index (χ1n) is 9.99. The lowest BCUT2D eigenvalue weighted by Gasteiger charge is -2.15. The molecule has 1 aliphatic rings. The van der Waals surface area contributed by atoms with E-state index in [4.69, 9.17) is 4.74 Å². The fourth-order valence-corrected chi connectivity index (χ4v) is 3.99. The summed E-state index contributed by atoms with van der Waals surface area (Å²) in [5, 5.41) is 5.30. The van der Waals surface area contributed by atoms with Crippen LogP contribution in [0.5, 0.6) is 0 Å². The highest BCUT2D eigenvalue weighted by Crippen LogP contribution is 2.30. The van der Waals surface area contributed by atoms with E-state index < -0.39 is 28.5 Å². The zero-order chi connectivity index (χ0) is 23.5. The van der Waals surface area contributed by atoms with Crippen molar-refractivity contribution in [2.24, 2.45) is 5.92 Å². The van der Waals surface area contributed by atoms with Crippen LogP contribution in [0.1, 0.15) is 28.8 Å². The van der Waals surface area contributed by atoms with Crippen molar-refractivity contribution in [3.8, 4) is 0 Å². The number of nitrogens with zero attached hydrogens (tertiary/aromatic N) is 1. The van der Waals surface area contributed by atoms with Gasteiger partial charge < -0.3 is 15.4 Å². The summed E-state index contributed by atoms with van der Waals surface area (Å²) in [5.74, 6) is -1.26. The van der Waals surface area contributed by atoms with E-state index in [0.717, 1.165) is 17.1 Å². The van der Waals surface area contributed by atoms with Gasteiger partial charge in [-0.05, 0) is 61.7 Å². The first-order chi connectivity index (χ1) is 15.1. The third-order valence-corrected chi connectivity index (χ3v) is 6.86. The van der Waals surface area contributed by atoms with E-state index >= 15 is 0 Å². The number of benzene rings is 2. The number of carbonyl (C=O) groups excluding carboxylic acids is 3. The molecule has 2 aromatic rings. The maximum Gasteiger partial charge on any atom is 0.338 e. The van der Waals surface area contributed by atoms with Gasteiger partial charge in [-0.1, -0.05) is 6.07 Å². The molecule has 10 heteroatoms. The molecule has 3 rings (SSSR count). The lowest BCUT2D eigenvalue weighted by molar-refractivity contribution is -0.119. The second-order valence-corrected chi connectivity index (χ2v) is 9.85. The van der Waals surface area contributed by atoms with Crippen molar-refractivity contribution in [2.45, 2.75) is 24.7 Å². The number of aryl methyl sites for hydroxylation is 1. The highest BCUT2D eigenvalue weighted by Gasteiger charge is 2.29. The molecular formula is C22H25N3O6S. The number of hydrogen-bond acceptors (Lipinski definition) is 6. The van der Waals surface area contributed by atoms with Crippen LogP contribution in [0.15, 0.2) is 47.4 Å². The van der Waals surface area contributed by atoms with Gasteiger partial charge in [0, 0.05) is 31.4 Å². The number of rotatable bonds is 8. The minimum Gasteiger partial charge on any atom is -0.452 e. The highest BCUT2D eigenvalue weighted by atomic mass is 32.2. The van der Waals surface area contributed by atoms with Crippen LogP contribution in [0.4, 0.5) is 11.4 Å². The predicted molar refractivity (Wildman–Crippen MR) is 119 cm³/mol. The monoisotopic (exact) mass is 459 g/mol. The number of carbonyl (C=O) groups is 3. The fourth-order valence-electron chi connectivity index (χ4n) is 2.84. The number of nitrogens with one attached hydrogen (secondary N) is 2. The topological polar surface area (TPSA) is 122 Å². The molecule has 2 aromatic carbocycles. The van der Waals surface area contributed by atoms with Crippen LogP contribution in [-0.4, -0.2) is 51.2 Å². The SMILES string of the molecule is Cc1ccc(NC(=O)COC(=O)c2ccc(NC(=O)C3CC3)cc2)cc1S(=O)(=O)N(C)C. The first kappa shape index (κ1) is 23.4. The molecule has 0 aromatic heterocycles. The standard InChI is InChI=1S/C22H25N3O6S/c1-14-4-9-18(12-19(14)32(29,30)25(2)3)23-20(26)13-31-22(28)16-7-10-17(11-8-16)24-21(27)15-5-6-15/h4,7-12,15H,5-6,13H2,1-3H3,(H,23,26)(H,24,27). The minimum absolute atomic E-state index is 0.0327. The van der Waals surface area contributed by atoms with Gasteiger partial charge in [0.15, 0.2) is 6.61 Å². The number of amides is 2. The van der Waals surface area contributed by atoms with Gasteiger partial charge in [0.05, 0.1) is 10.5 Å². The van der Waals surface area contributed by atoms with Crippen molar-refractivity contribution in [1.29, 1.82) is 0 Å². The summed E-state index contributed by atoms with van der Waals surface area (Å²) in [7, 11) is -0.822. The molecule has 1 aliphatic carbocycles. The van der Waals surface area contributed by atoms with E-state index in [1.165, 1.54) is 32.3 Å². The molecule has 170 valence electrons. The Morgan fingerprint density at radius 1 is 1.00 bits per heavy atom. The molecule has 2 amide bonds. The second-order valence-electron chi connectivity index (χ2n) is 7.73. The van der Waals surface area contributed by atoms with Crippen LogP contribution in [0.3, 0.4) is 0 Å². The molecule has 1 fully saturated rings. The van der Waals surface area contributed by atoms with E-state index in [1.807, 2.05) is 0 Å². The maximum absolute atomic E-state index is 12.4. The molecular weight excluding hydrogens is 434 g/mol. The summed E-state index contributed by atoms with van der Waals surface area (Å²) in [6, 6.07) is 10.7. The van der Waals surface area contributed by atoms with Crippen molar-refractivity contribution in [2.75, 3.05) is 31.3 Å². The van der Waals surface area contributed by atoms with Gasteiger partial charge in [0.1, 0.15) is 0 Å². The van der Waals surface area contributed by atoms with Gasteiger partial charge in [-0.15, -0.1) is 0 Å².